The molecular formula is C13H10F2N2O2. The second-order valence-corrected chi connectivity index (χ2v) is 3.82. The van der Waals surface area contributed by atoms with Crippen LogP contribution < -0.4 is 5.73 Å². The molecule has 0 aliphatic heterocycles. The standard InChI is InChI=1S/C13H10F2N2O2/c14-9-1-2-11(12(16)4-9)13(18)19-7-8-3-10(15)6-17-5-8/h1-6H,7,16H2. The topological polar surface area (TPSA) is 65.2 Å². The predicted molar refractivity (Wildman–Crippen MR) is 64.1 cm³/mol. The van der Waals surface area contributed by atoms with E-state index in [2.05, 4.69) is 4.98 Å². The van der Waals surface area contributed by atoms with Crippen molar-refractivity contribution in [3.05, 3.63) is 59.4 Å². The highest BCUT2D eigenvalue weighted by Crippen LogP contribution is 2.15. The van der Waals surface area contributed by atoms with Crippen molar-refractivity contribution in [2.75, 3.05) is 5.73 Å². The number of carbonyl (C=O) groups excluding carboxylic acids is 1. The van der Waals surface area contributed by atoms with Crippen LogP contribution in [0.2, 0.25) is 0 Å². The molecule has 2 N–H and O–H groups in total. The van der Waals surface area contributed by atoms with Crippen LogP contribution in [0.1, 0.15) is 15.9 Å². The molecule has 1 aromatic carbocycles. The van der Waals surface area contributed by atoms with E-state index in [1.807, 2.05) is 0 Å². The molecule has 1 aromatic heterocycles. The van der Waals surface area contributed by atoms with Crippen molar-refractivity contribution < 1.29 is 18.3 Å². The first-order valence-corrected chi connectivity index (χ1v) is 5.38. The Morgan fingerprint density at radius 3 is 2.68 bits per heavy atom. The second-order valence-electron chi connectivity index (χ2n) is 3.82. The first-order chi connectivity index (χ1) is 9.06. The molecule has 0 saturated carbocycles. The van der Waals surface area contributed by atoms with Gasteiger partial charge in [-0.1, -0.05) is 0 Å². The van der Waals surface area contributed by atoms with E-state index in [1.54, 1.807) is 0 Å². The Kier molecular flexibility index (Phi) is 3.70. The Morgan fingerprint density at radius 2 is 2.00 bits per heavy atom. The summed E-state index contributed by atoms with van der Waals surface area (Å²) in [5, 5.41) is 0. The minimum Gasteiger partial charge on any atom is -0.457 e. The third-order valence-corrected chi connectivity index (χ3v) is 2.36. The van der Waals surface area contributed by atoms with Gasteiger partial charge in [0, 0.05) is 17.4 Å². The van der Waals surface area contributed by atoms with Crippen molar-refractivity contribution in [2.24, 2.45) is 0 Å². The average Bonchev–Trinajstić information content (AvgIpc) is 2.36. The number of halogens is 2. The molecule has 2 aromatic rings. The summed E-state index contributed by atoms with van der Waals surface area (Å²) >= 11 is 0. The highest BCUT2D eigenvalue weighted by Gasteiger charge is 2.12. The smallest absolute Gasteiger partial charge is 0.340 e. The van der Waals surface area contributed by atoms with Gasteiger partial charge in [-0.3, -0.25) is 4.98 Å². The molecule has 1 heterocycles. The number of aromatic nitrogens is 1. The van der Waals surface area contributed by atoms with Crippen molar-refractivity contribution in [1.82, 2.24) is 4.98 Å². The summed E-state index contributed by atoms with van der Waals surface area (Å²) in [6, 6.07) is 4.57. The highest BCUT2D eigenvalue weighted by atomic mass is 19.1. The largest absolute Gasteiger partial charge is 0.457 e. The number of anilines is 1. The molecule has 0 aliphatic carbocycles. The number of benzene rings is 1. The molecule has 0 aliphatic rings. The number of nitrogen functional groups attached to an aromatic ring is 1. The van der Waals surface area contributed by atoms with Crippen LogP contribution in [0.3, 0.4) is 0 Å². The van der Waals surface area contributed by atoms with E-state index >= 15 is 0 Å². The first kappa shape index (κ1) is 12.9. The molecule has 0 bridgehead atoms. The predicted octanol–water partition coefficient (Wildman–Crippen LogP) is 2.30. The fraction of sp³-hybridized carbons (Fsp3) is 0.0769. The molecule has 0 radical (unpaired) electrons. The number of esters is 1. The minimum atomic E-state index is -0.707. The number of rotatable bonds is 3. The first-order valence-electron chi connectivity index (χ1n) is 5.38. The van der Waals surface area contributed by atoms with Crippen LogP contribution in [0.25, 0.3) is 0 Å². The number of carbonyl (C=O) groups is 1. The van der Waals surface area contributed by atoms with Gasteiger partial charge >= 0.3 is 5.97 Å². The summed E-state index contributed by atoms with van der Waals surface area (Å²) < 4.78 is 30.6. The van der Waals surface area contributed by atoms with Gasteiger partial charge in [0.2, 0.25) is 0 Å². The van der Waals surface area contributed by atoms with Crippen LogP contribution in [0.15, 0.2) is 36.7 Å². The zero-order valence-corrected chi connectivity index (χ0v) is 9.77. The van der Waals surface area contributed by atoms with Gasteiger partial charge in [0.15, 0.2) is 0 Å². The number of nitrogens with two attached hydrogens (primary N) is 1. The van der Waals surface area contributed by atoms with Crippen LogP contribution in [-0.4, -0.2) is 11.0 Å². The zero-order chi connectivity index (χ0) is 13.8. The molecule has 0 unspecified atom stereocenters. The second kappa shape index (κ2) is 5.43. The molecule has 0 atom stereocenters. The third kappa shape index (κ3) is 3.25. The van der Waals surface area contributed by atoms with Gasteiger partial charge in [-0.05, 0) is 24.3 Å². The molecule has 0 saturated heterocycles. The number of nitrogens with zero attached hydrogens (tertiary/aromatic N) is 1. The molecule has 6 heteroatoms. The van der Waals surface area contributed by atoms with E-state index in [1.165, 1.54) is 18.3 Å². The lowest BCUT2D eigenvalue weighted by molar-refractivity contribution is 0.0473. The van der Waals surface area contributed by atoms with Gasteiger partial charge in [0.25, 0.3) is 0 Å². The quantitative estimate of drug-likeness (QED) is 0.682. The Balaban J connectivity index is 2.05. The fourth-order valence-corrected chi connectivity index (χ4v) is 1.48. The number of ether oxygens (including phenoxy) is 1. The Morgan fingerprint density at radius 1 is 1.21 bits per heavy atom. The van der Waals surface area contributed by atoms with Crippen molar-refractivity contribution in [1.29, 1.82) is 0 Å². The van der Waals surface area contributed by atoms with Gasteiger partial charge in [-0.2, -0.15) is 0 Å². The molecule has 98 valence electrons. The van der Waals surface area contributed by atoms with Gasteiger partial charge in [0.1, 0.15) is 18.2 Å². The lowest BCUT2D eigenvalue weighted by Gasteiger charge is -2.07. The fourth-order valence-electron chi connectivity index (χ4n) is 1.48. The van der Waals surface area contributed by atoms with Crippen LogP contribution in [-0.2, 0) is 11.3 Å². The molecule has 0 spiro atoms. The molecule has 4 nitrogen and oxygen atoms in total. The zero-order valence-electron chi connectivity index (χ0n) is 9.77. The maximum Gasteiger partial charge on any atom is 0.340 e. The Hall–Kier alpha value is -2.50. The summed E-state index contributed by atoms with van der Waals surface area (Å²) in [4.78, 5) is 15.3. The Bertz CT molecular complexity index is 617. The van der Waals surface area contributed by atoms with E-state index in [-0.39, 0.29) is 17.9 Å². The van der Waals surface area contributed by atoms with Gasteiger partial charge in [-0.15, -0.1) is 0 Å². The molecule has 0 amide bonds. The number of hydrogen-bond donors (Lipinski definition) is 1. The van der Waals surface area contributed by atoms with Gasteiger partial charge in [0.05, 0.1) is 11.8 Å². The van der Waals surface area contributed by atoms with Crippen molar-refractivity contribution in [3.8, 4) is 0 Å². The van der Waals surface area contributed by atoms with Crippen LogP contribution in [0, 0.1) is 11.6 Å². The van der Waals surface area contributed by atoms with Crippen molar-refractivity contribution >= 4 is 11.7 Å². The van der Waals surface area contributed by atoms with E-state index in [9.17, 15) is 13.6 Å². The van der Waals surface area contributed by atoms with Crippen LogP contribution in [0.5, 0.6) is 0 Å². The van der Waals surface area contributed by atoms with Crippen molar-refractivity contribution in [2.45, 2.75) is 6.61 Å². The van der Waals surface area contributed by atoms with Crippen LogP contribution >= 0.6 is 0 Å². The number of hydrogen-bond acceptors (Lipinski definition) is 4. The minimum absolute atomic E-state index is 0.0117. The normalized spacial score (nSPS) is 10.2. The lowest BCUT2D eigenvalue weighted by Crippen LogP contribution is -2.08. The maximum atomic E-state index is 12.9. The van der Waals surface area contributed by atoms with Gasteiger partial charge < -0.3 is 10.5 Å². The molecular weight excluding hydrogens is 254 g/mol. The maximum absolute atomic E-state index is 12.9. The van der Waals surface area contributed by atoms with E-state index in [4.69, 9.17) is 10.5 Å². The van der Waals surface area contributed by atoms with Gasteiger partial charge in [-0.25, -0.2) is 13.6 Å². The summed E-state index contributed by atoms with van der Waals surface area (Å²) in [6.45, 7) is -0.138. The monoisotopic (exact) mass is 264 g/mol. The highest BCUT2D eigenvalue weighted by molar-refractivity contribution is 5.94. The molecule has 0 fully saturated rings. The Labute approximate surface area is 107 Å². The average molecular weight is 264 g/mol. The van der Waals surface area contributed by atoms with E-state index in [0.717, 1.165) is 18.3 Å². The summed E-state index contributed by atoms with van der Waals surface area (Å²) in [5.74, 6) is -1.76. The third-order valence-electron chi connectivity index (χ3n) is 2.36. The summed E-state index contributed by atoms with van der Waals surface area (Å²) in [5.41, 5.74) is 5.96. The van der Waals surface area contributed by atoms with E-state index < -0.39 is 17.6 Å². The van der Waals surface area contributed by atoms with Crippen LogP contribution in [0.4, 0.5) is 14.5 Å². The molecule has 2 rings (SSSR count). The van der Waals surface area contributed by atoms with E-state index in [0.29, 0.717) is 5.56 Å². The number of pyridine rings is 1. The van der Waals surface area contributed by atoms with Crippen molar-refractivity contribution in [3.63, 3.8) is 0 Å². The summed E-state index contributed by atoms with van der Waals surface area (Å²) in [6.07, 6.45) is 2.42. The SMILES string of the molecule is Nc1cc(F)ccc1C(=O)OCc1cncc(F)c1. The lowest BCUT2D eigenvalue weighted by atomic mass is 10.2. The molecule has 19 heavy (non-hydrogen) atoms. The summed E-state index contributed by atoms with van der Waals surface area (Å²) in [7, 11) is 0.